The van der Waals surface area contributed by atoms with Gasteiger partial charge in [0.1, 0.15) is 0 Å². The van der Waals surface area contributed by atoms with Crippen LogP contribution in [0.25, 0.3) is 64.6 Å². The Labute approximate surface area is 363 Å². The molecule has 11 aromatic rings. The van der Waals surface area contributed by atoms with E-state index < -0.39 is 23.5 Å². The lowest BCUT2D eigenvalue weighted by atomic mass is 9.87. The summed E-state index contributed by atoms with van der Waals surface area (Å²) in [6.07, 6.45) is -9.18. The van der Waals surface area contributed by atoms with Crippen LogP contribution >= 0.6 is 0 Å². The van der Waals surface area contributed by atoms with E-state index in [2.05, 4.69) is 9.80 Å². The van der Waals surface area contributed by atoms with Gasteiger partial charge < -0.3 is 9.80 Å². The van der Waals surface area contributed by atoms with E-state index in [0.717, 1.165) is 67.8 Å². The van der Waals surface area contributed by atoms with Gasteiger partial charge in [-0.05, 0) is 174 Å². The first-order valence-electron chi connectivity index (χ1n) is 20.7. The minimum Gasteiger partial charge on any atom is -0.310 e. The summed E-state index contributed by atoms with van der Waals surface area (Å²) in [5, 5.41) is 7.75. The molecule has 0 aliphatic carbocycles. The molecule has 0 bridgehead atoms. The van der Waals surface area contributed by atoms with Crippen LogP contribution in [0.4, 0.5) is 60.5 Å². The zero-order valence-corrected chi connectivity index (χ0v) is 33.8. The van der Waals surface area contributed by atoms with Crippen LogP contribution in [0.15, 0.2) is 206 Å². The standard InChI is InChI=1S/C56H34F6N2/c57-55(58,59)35-21-25-43-47(29-35)49-31-41(63(37-13-5-1-6-14-37)38-15-7-2-8-16-38)23-27-45(49)53-33-52-44-26-22-36(56(60,61)62)30-48(44)50-32-42(24-28-46(50)54(52)34-51(43)53)64(39-17-9-3-10-18-39)40-19-11-4-12-20-40/h1-34H. The van der Waals surface area contributed by atoms with Crippen LogP contribution in [0, 0.1) is 0 Å². The monoisotopic (exact) mass is 848 g/mol. The minimum atomic E-state index is -4.59. The molecule has 11 aromatic carbocycles. The number of alkyl halides is 6. The highest BCUT2D eigenvalue weighted by Crippen LogP contribution is 2.47. The van der Waals surface area contributed by atoms with Gasteiger partial charge in [0.25, 0.3) is 0 Å². The molecule has 11 rings (SSSR count). The maximum Gasteiger partial charge on any atom is 0.416 e. The molecule has 64 heavy (non-hydrogen) atoms. The zero-order chi connectivity index (χ0) is 43.7. The van der Waals surface area contributed by atoms with E-state index >= 15 is 0 Å². The lowest BCUT2D eigenvalue weighted by molar-refractivity contribution is -0.138. The van der Waals surface area contributed by atoms with Crippen molar-refractivity contribution in [3.8, 4) is 0 Å². The predicted octanol–water partition coefficient (Wildman–Crippen LogP) is 17.6. The average molecular weight is 849 g/mol. The third-order valence-electron chi connectivity index (χ3n) is 12.2. The van der Waals surface area contributed by atoms with Crippen LogP contribution in [0.2, 0.25) is 0 Å². The van der Waals surface area contributed by atoms with Crippen LogP contribution < -0.4 is 9.80 Å². The third kappa shape index (κ3) is 6.61. The SMILES string of the molecule is FC(F)(F)c1ccc2c(c1)c1cc(N(c3ccccc3)c3ccccc3)ccc1c1cc3c4ccc(C(F)(F)F)cc4c4cc(N(c5ccccc5)c5ccccc5)ccc4c3cc21. The number of nitrogens with zero attached hydrogens (tertiary/aromatic N) is 2. The van der Waals surface area contributed by atoms with Gasteiger partial charge >= 0.3 is 12.4 Å². The molecule has 0 amide bonds. The van der Waals surface area contributed by atoms with Crippen molar-refractivity contribution < 1.29 is 26.3 Å². The fraction of sp³-hybridized carbons (Fsp3) is 0.0357. The number of para-hydroxylation sites is 4. The van der Waals surface area contributed by atoms with Crippen LogP contribution in [0.1, 0.15) is 11.1 Å². The second kappa shape index (κ2) is 14.9. The Balaban J connectivity index is 1.23. The highest BCUT2D eigenvalue weighted by molar-refractivity contribution is 6.33. The van der Waals surface area contributed by atoms with E-state index in [-0.39, 0.29) is 0 Å². The second-order valence-electron chi connectivity index (χ2n) is 15.9. The van der Waals surface area contributed by atoms with E-state index in [1.54, 1.807) is 12.1 Å². The van der Waals surface area contributed by atoms with E-state index in [0.29, 0.717) is 43.1 Å². The Hall–Kier alpha value is -7.84. The van der Waals surface area contributed by atoms with Gasteiger partial charge in [-0.25, -0.2) is 0 Å². The molecule has 0 unspecified atom stereocenters. The van der Waals surface area contributed by atoms with Gasteiger partial charge in [0.2, 0.25) is 0 Å². The summed E-state index contributed by atoms with van der Waals surface area (Å²) in [6.45, 7) is 0. The molecule has 8 heteroatoms. The largest absolute Gasteiger partial charge is 0.416 e. The van der Waals surface area contributed by atoms with Crippen LogP contribution in [0.3, 0.4) is 0 Å². The molecule has 0 saturated heterocycles. The summed E-state index contributed by atoms with van der Waals surface area (Å²) in [6, 6.07) is 62.5. The summed E-state index contributed by atoms with van der Waals surface area (Å²) in [4.78, 5) is 4.12. The molecule has 0 heterocycles. The Bertz CT molecular complexity index is 3250. The average Bonchev–Trinajstić information content (AvgIpc) is 3.32. The third-order valence-corrected chi connectivity index (χ3v) is 12.2. The molecule has 0 N–H and O–H groups in total. The molecule has 0 spiro atoms. The summed E-state index contributed by atoms with van der Waals surface area (Å²) < 4.78 is 87.2. The Kier molecular flexibility index (Phi) is 9.10. The predicted molar refractivity (Wildman–Crippen MR) is 251 cm³/mol. The number of fused-ring (bicyclic) bond motifs is 12. The van der Waals surface area contributed by atoms with Crippen molar-refractivity contribution in [3.05, 3.63) is 217 Å². The molecular weight excluding hydrogens is 815 g/mol. The van der Waals surface area contributed by atoms with Gasteiger partial charge in [-0.1, -0.05) is 97.1 Å². The molecule has 0 aliphatic heterocycles. The summed E-state index contributed by atoms with van der Waals surface area (Å²) >= 11 is 0. The van der Waals surface area contributed by atoms with Crippen LogP contribution in [0.5, 0.6) is 0 Å². The Morgan fingerprint density at radius 2 is 0.469 bits per heavy atom. The highest BCUT2D eigenvalue weighted by Gasteiger charge is 2.32. The van der Waals surface area contributed by atoms with Crippen molar-refractivity contribution in [3.63, 3.8) is 0 Å². The second-order valence-corrected chi connectivity index (χ2v) is 15.9. The molecule has 0 saturated carbocycles. The van der Waals surface area contributed by atoms with Crippen LogP contribution in [-0.4, -0.2) is 0 Å². The Morgan fingerprint density at radius 1 is 0.219 bits per heavy atom. The van der Waals surface area contributed by atoms with Gasteiger partial charge in [-0.3, -0.25) is 0 Å². The summed E-state index contributed by atoms with van der Waals surface area (Å²) in [5.41, 5.74) is 3.45. The van der Waals surface area contributed by atoms with E-state index in [9.17, 15) is 26.3 Å². The first-order chi connectivity index (χ1) is 31.0. The van der Waals surface area contributed by atoms with Crippen molar-refractivity contribution in [1.29, 1.82) is 0 Å². The number of benzene rings is 11. The fourth-order valence-electron chi connectivity index (χ4n) is 9.31. The molecule has 0 radical (unpaired) electrons. The van der Waals surface area contributed by atoms with Gasteiger partial charge in [0.15, 0.2) is 0 Å². The molecule has 0 atom stereocenters. The lowest BCUT2D eigenvalue weighted by Crippen LogP contribution is -2.09. The molecule has 0 aromatic heterocycles. The normalized spacial score (nSPS) is 12.2. The van der Waals surface area contributed by atoms with E-state index in [1.807, 2.05) is 170 Å². The number of hydrogen-bond acceptors (Lipinski definition) is 2. The van der Waals surface area contributed by atoms with E-state index in [4.69, 9.17) is 0 Å². The van der Waals surface area contributed by atoms with Crippen molar-refractivity contribution >= 4 is 98.8 Å². The quantitative estimate of drug-likeness (QED) is 0.0934. The molecule has 310 valence electrons. The molecule has 2 nitrogen and oxygen atoms in total. The smallest absolute Gasteiger partial charge is 0.310 e. The lowest BCUT2D eigenvalue weighted by Gasteiger charge is -2.26. The highest BCUT2D eigenvalue weighted by atomic mass is 19.4. The molecule has 0 fully saturated rings. The van der Waals surface area contributed by atoms with Gasteiger partial charge in [-0.15, -0.1) is 0 Å². The summed E-state index contributed by atoms with van der Waals surface area (Å²) in [5.74, 6) is 0. The number of anilines is 6. The fourth-order valence-corrected chi connectivity index (χ4v) is 9.31. The van der Waals surface area contributed by atoms with Crippen molar-refractivity contribution in [2.75, 3.05) is 9.80 Å². The van der Waals surface area contributed by atoms with Gasteiger partial charge in [-0.2, -0.15) is 26.3 Å². The number of hydrogen-bond donors (Lipinski definition) is 0. The van der Waals surface area contributed by atoms with Crippen molar-refractivity contribution in [2.45, 2.75) is 12.4 Å². The Morgan fingerprint density at radius 3 is 0.750 bits per heavy atom. The first-order valence-corrected chi connectivity index (χ1v) is 20.7. The van der Waals surface area contributed by atoms with E-state index in [1.165, 1.54) is 12.1 Å². The first kappa shape index (κ1) is 39.0. The number of rotatable bonds is 6. The van der Waals surface area contributed by atoms with Crippen LogP contribution in [-0.2, 0) is 12.4 Å². The van der Waals surface area contributed by atoms with Crippen molar-refractivity contribution in [1.82, 2.24) is 0 Å². The summed E-state index contributed by atoms with van der Waals surface area (Å²) in [7, 11) is 0. The zero-order valence-electron chi connectivity index (χ0n) is 33.8. The van der Waals surface area contributed by atoms with Crippen molar-refractivity contribution in [2.24, 2.45) is 0 Å². The number of halogens is 6. The van der Waals surface area contributed by atoms with Gasteiger partial charge in [0, 0.05) is 34.1 Å². The molecule has 0 aliphatic rings. The molecular formula is C56H34F6N2. The minimum absolute atomic E-state index is 0.433. The van der Waals surface area contributed by atoms with Gasteiger partial charge in [0.05, 0.1) is 11.1 Å². The maximum atomic E-state index is 14.5. The topological polar surface area (TPSA) is 6.48 Å². The maximum absolute atomic E-state index is 14.5.